The predicted molar refractivity (Wildman–Crippen MR) is 87.5 cm³/mol. The Morgan fingerprint density at radius 3 is 2.70 bits per heavy atom. The van der Waals surface area contributed by atoms with Crippen molar-refractivity contribution in [1.29, 1.82) is 0 Å². The van der Waals surface area contributed by atoms with Crippen molar-refractivity contribution >= 4 is 35.9 Å². The molecule has 1 fully saturated rings. The third-order valence-electron chi connectivity index (χ3n) is 3.35. The monoisotopic (exact) mass is 363 g/mol. The van der Waals surface area contributed by atoms with E-state index in [2.05, 4.69) is 4.74 Å². The molecule has 0 aliphatic carbocycles. The second kappa shape index (κ2) is 9.60. The van der Waals surface area contributed by atoms with E-state index in [0.717, 1.165) is 5.75 Å². The molecule has 1 aromatic rings. The first-order valence-electron chi connectivity index (χ1n) is 6.96. The molecule has 0 aromatic heterocycles. The van der Waals surface area contributed by atoms with E-state index in [1.54, 1.807) is 24.3 Å². The topological polar surface area (TPSA) is 65.1 Å². The summed E-state index contributed by atoms with van der Waals surface area (Å²) >= 11 is 5.80. The van der Waals surface area contributed by atoms with Gasteiger partial charge in [-0.15, -0.1) is 12.4 Å². The van der Waals surface area contributed by atoms with Crippen molar-refractivity contribution in [2.75, 3.05) is 33.4 Å². The van der Waals surface area contributed by atoms with E-state index in [-0.39, 0.29) is 18.2 Å². The Balaban J connectivity index is 0.00000264. The summed E-state index contributed by atoms with van der Waals surface area (Å²) < 4.78 is 15.0. The lowest BCUT2D eigenvalue weighted by atomic mass is 10.1. The van der Waals surface area contributed by atoms with Crippen LogP contribution in [0.25, 0.3) is 0 Å². The number of carbonyl (C=O) groups is 2. The molecule has 0 N–H and O–H groups in total. The molecule has 0 saturated carbocycles. The molecular weight excluding hydrogens is 345 g/mol. The molecule has 1 atom stereocenters. The number of halogens is 2. The number of carbonyl (C=O) groups excluding carboxylic acids is 2. The molecule has 2 rings (SSSR count). The highest BCUT2D eigenvalue weighted by Gasteiger charge is 2.30. The van der Waals surface area contributed by atoms with Gasteiger partial charge in [-0.25, -0.2) is 4.79 Å². The first-order chi connectivity index (χ1) is 10.6. The minimum absolute atomic E-state index is 0. The molecule has 1 aromatic carbocycles. The summed E-state index contributed by atoms with van der Waals surface area (Å²) in [5.41, 5.74) is 0. The lowest BCUT2D eigenvalue weighted by molar-refractivity contribution is -0.133. The Labute approximate surface area is 146 Å². The largest absolute Gasteiger partial charge is 0.508 e. The minimum atomic E-state index is -0.836. The maximum atomic E-state index is 11.7. The van der Waals surface area contributed by atoms with E-state index in [1.807, 2.05) is 4.90 Å². The van der Waals surface area contributed by atoms with Crippen molar-refractivity contribution in [3.05, 3.63) is 29.3 Å². The van der Waals surface area contributed by atoms with Crippen LogP contribution in [0.3, 0.4) is 0 Å². The number of Topliss-reactive ketones (excluding diaryl/α,β-unsaturated/α-hetero) is 1. The molecule has 1 aliphatic rings. The Bertz CT molecular complexity index is 523. The summed E-state index contributed by atoms with van der Waals surface area (Å²) in [6.07, 6.45) is -1.25. The normalized spacial score (nSPS) is 18.0. The van der Waals surface area contributed by atoms with E-state index < -0.39 is 12.3 Å². The van der Waals surface area contributed by atoms with Gasteiger partial charge in [0.2, 0.25) is 0 Å². The molecule has 23 heavy (non-hydrogen) atoms. The van der Waals surface area contributed by atoms with Gasteiger partial charge in [-0.3, -0.25) is 9.69 Å². The van der Waals surface area contributed by atoms with Crippen molar-refractivity contribution in [2.45, 2.75) is 12.5 Å². The van der Waals surface area contributed by atoms with E-state index in [0.29, 0.717) is 37.7 Å². The zero-order valence-corrected chi connectivity index (χ0v) is 14.3. The quantitative estimate of drug-likeness (QED) is 0.749. The van der Waals surface area contributed by atoms with Crippen LogP contribution in [0, 0.1) is 0 Å². The Morgan fingerprint density at radius 1 is 1.35 bits per heavy atom. The van der Waals surface area contributed by atoms with Crippen LogP contribution in [0.5, 0.6) is 5.75 Å². The number of piperidine rings is 1. The molecule has 1 aliphatic heterocycles. The fourth-order valence-electron chi connectivity index (χ4n) is 2.15. The molecule has 1 heterocycles. The molecular formula is C15H19Cl2NO5. The van der Waals surface area contributed by atoms with Crippen LogP contribution < -0.4 is 4.74 Å². The van der Waals surface area contributed by atoms with Gasteiger partial charge in [-0.2, -0.15) is 0 Å². The number of hydrogen-bond donors (Lipinski definition) is 0. The van der Waals surface area contributed by atoms with Crippen molar-refractivity contribution in [2.24, 2.45) is 0 Å². The molecule has 0 spiro atoms. The molecule has 8 heteroatoms. The summed E-state index contributed by atoms with van der Waals surface area (Å²) in [6.45, 7) is 2.10. The Hall–Kier alpha value is -1.50. The number of methoxy groups -OCH3 is 1. The third-order valence-corrected chi connectivity index (χ3v) is 3.60. The van der Waals surface area contributed by atoms with Gasteiger partial charge in [0.25, 0.3) is 0 Å². The van der Waals surface area contributed by atoms with Crippen LogP contribution >= 0.6 is 24.0 Å². The number of likely N-dealkylation sites (tertiary alicyclic amines) is 1. The highest BCUT2D eigenvalue weighted by atomic mass is 35.5. The highest BCUT2D eigenvalue weighted by Crippen LogP contribution is 2.16. The van der Waals surface area contributed by atoms with Gasteiger partial charge >= 0.3 is 6.16 Å². The van der Waals surface area contributed by atoms with E-state index in [1.165, 1.54) is 7.11 Å². The van der Waals surface area contributed by atoms with E-state index in [4.69, 9.17) is 21.1 Å². The first kappa shape index (κ1) is 19.5. The number of ketones is 1. The van der Waals surface area contributed by atoms with Gasteiger partial charge in [0.05, 0.1) is 7.11 Å². The second-order valence-corrected chi connectivity index (χ2v) is 5.32. The van der Waals surface area contributed by atoms with Gasteiger partial charge < -0.3 is 14.2 Å². The van der Waals surface area contributed by atoms with Gasteiger partial charge in [-0.1, -0.05) is 11.6 Å². The van der Waals surface area contributed by atoms with Crippen molar-refractivity contribution in [3.8, 4) is 5.75 Å². The highest BCUT2D eigenvalue weighted by molar-refractivity contribution is 6.30. The smallest absolute Gasteiger partial charge is 0.492 e. The van der Waals surface area contributed by atoms with E-state index >= 15 is 0 Å². The van der Waals surface area contributed by atoms with Crippen molar-refractivity contribution < 1.29 is 23.8 Å². The summed E-state index contributed by atoms with van der Waals surface area (Å²) in [7, 11) is 1.22. The lowest BCUT2D eigenvalue weighted by Crippen LogP contribution is -2.47. The average Bonchev–Trinajstić information content (AvgIpc) is 2.52. The average molecular weight is 364 g/mol. The number of nitrogens with zero attached hydrogens (tertiary/aromatic N) is 1. The van der Waals surface area contributed by atoms with Gasteiger partial charge in [0, 0.05) is 31.1 Å². The molecule has 1 saturated heterocycles. The molecule has 0 amide bonds. The van der Waals surface area contributed by atoms with Crippen molar-refractivity contribution in [3.63, 3.8) is 0 Å². The SMILES string of the molecule is COC(=O)OC1CN(CCOc2ccc(Cl)cc2)CCC1=O.Cl. The third kappa shape index (κ3) is 6.25. The molecule has 0 bridgehead atoms. The lowest BCUT2D eigenvalue weighted by Gasteiger charge is -2.30. The molecule has 6 nitrogen and oxygen atoms in total. The number of benzene rings is 1. The van der Waals surface area contributed by atoms with Crippen LogP contribution in [0.2, 0.25) is 5.02 Å². The molecule has 0 radical (unpaired) electrons. The first-order valence-corrected chi connectivity index (χ1v) is 7.34. The second-order valence-electron chi connectivity index (χ2n) is 4.88. The Kier molecular flexibility index (Phi) is 8.16. The zero-order chi connectivity index (χ0) is 15.9. The van der Waals surface area contributed by atoms with Crippen LogP contribution in [-0.2, 0) is 14.3 Å². The van der Waals surface area contributed by atoms with Gasteiger partial charge in [0.1, 0.15) is 12.4 Å². The maximum Gasteiger partial charge on any atom is 0.508 e. The van der Waals surface area contributed by atoms with Crippen LogP contribution in [0.1, 0.15) is 6.42 Å². The maximum absolute atomic E-state index is 11.7. The summed E-state index contributed by atoms with van der Waals surface area (Å²) in [6, 6.07) is 7.11. The van der Waals surface area contributed by atoms with Crippen LogP contribution in [-0.4, -0.2) is 56.3 Å². The Morgan fingerprint density at radius 2 is 2.04 bits per heavy atom. The summed E-state index contributed by atoms with van der Waals surface area (Å²) in [5, 5.41) is 0.657. The zero-order valence-electron chi connectivity index (χ0n) is 12.7. The van der Waals surface area contributed by atoms with Gasteiger partial charge in [0.15, 0.2) is 11.9 Å². The van der Waals surface area contributed by atoms with Crippen LogP contribution in [0.4, 0.5) is 4.79 Å². The fraction of sp³-hybridized carbons (Fsp3) is 0.467. The van der Waals surface area contributed by atoms with Gasteiger partial charge in [-0.05, 0) is 24.3 Å². The number of hydrogen-bond acceptors (Lipinski definition) is 6. The fourth-order valence-corrected chi connectivity index (χ4v) is 2.28. The molecule has 128 valence electrons. The summed E-state index contributed by atoms with van der Waals surface area (Å²) in [5.74, 6) is 0.653. The number of ether oxygens (including phenoxy) is 3. The standard InChI is InChI=1S/C15H18ClNO5.ClH/c1-20-15(19)22-14-10-17(7-6-13(14)18)8-9-21-12-4-2-11(16)3-5-12;/h2-5,14H,6-10H2,1H3;1H. The van der Waals surface area contributed by atoms with Crippen LogP contribution in [0.15, 0.2) is 24.3 Å². The number of rotatable bonds is 5. The van der Waals surface area contributed by atoms with E-state index in [9.17, 15) is 9.59 Å². The molecule has 1 unspecified atom stereocenters. The predicted octanol–water partition coefficient (Wildman–Crippen LogP) is 2.57. The minimum Gasteiger partial charge on any atom is -0.492 e. The van der Waals surface area contributed by atoms with Crippen molar-refractivity contribution in [1.82, 2.24) is 4.90 Å². The summed E-state index contributed by atoms with van der Waals surface area (Å²) in [4.78, 5) is 24.8.